The van der Waals surface area contributed by atoms with Crippen molar-refractivity contribution < 1.29 is 4.74 Å². The molecule has 4 nitrogen and oxygen atoms in total. The van der Waals surface area contributed by atoms with E-state index in [1.54, 1.807) is 0 Å². The van der Waals surface area contributed by atoms with Crippen LogP contribution in [0.3, 0.4) is 0 Å². The van der Waals surface area contributed by atoms with Crippen molar-refractivity contribution >= 4 is 5.96 Å². The summed E-state index contributed by atoms with van der Waals surface area (Å²) in [7, 11) is 0. The van der Waals surface area contributed by atoms with Gasteiger partial charge in [-0.3, -0.25) is 4.99 Å². The number of nitrogens with one attached hydrogen (secondary N) is 1. The fourth-order valence-electron chi connectivity index (χ4n) is 1.67. The summed E-state index contributed by atoms with van der Waals surface area (Å²) in [5, 5.41) is 3.05. The zero-order chi connectivity index (χ0) is 14.2. The molecule has 0 unspecified atom stereocenters. The van der Waals surface area contributed by atoms with Gasteiger partial charge < -0.3 is 15.8 Å². The highest BCUT2D eigenvalue weighted by atomic mass is 16.5. The zero-order valence-corrected chi connectivity index (χ0v) is 12.5. The molecule has 0 spiro atoms. The Morgan fingerprint density at radius 2 is 1.95 bits per heavy atom. The number of nitrogens with two attached hydrogens (primary N) is 1. The summed E-state index contributed by atoms with van der Waals surface area (Å²) in [5.41, 5.74) is 5.74. The third-order valence-electron chi connectivity index (χ3n) is 2.81. The fraction of sp³-hybridized carbons (Fsp3) is 0.800. The lowest BCUT2D eigenvalue weighted by Gasteiger charge is -2.06. The molecule has 0 aromatic carbocycles. The van der Waals surface area contributed by atoms with Crippen LogP contribution in [0.1, 0.15) is 51.9 Å². The summed E-state index contributed by atoms with van der Waals surface area (Å²) in [6.45, 7) is 8.78. The Kier molecular flexibility index (Phi) is 14.2. The highest BCUT2D eigenvalue weighted by Gasteiger charge is 1.92. The van der Waals surface area contributed by atoms with E-state index in [1.165, 1.54) is 32.1 Å². The van der Waals surface area contributed by atoms with Crippen LogP contribution >= 0.6 is 0 Å². The van der Waals surface area contributed by atoms with Crippen molar-refractivity contribution in [1.29, 1.82) is 0 Å². The molecule has 3 N–H and O–H groups in total. The summed E-state index contributed by atoms with van der Waals surface area (Å²) in [6, 6.07) is 0. The van der Waals surface area contributed by atoms with Gasteiger partial charge in [0.1, 0.15) is 0 Å². The fourth-order valence-corrected chi connectivity index (χ4v) is 1.67. The van der Waals surface area contributed by atoms with E-state index in [0.29, 0.717) is 19.1 Å². The average molecular weight is 269 g/mol. The Bertz CT molecular complexity index is 229. The Balaban J connectivity index is 3.27. The lowest BCUT2D eigenvalue weighted by molar-refractivity contribution is 0.143. The minimum Gasteiger partial charge on any atom is -0.379 e. The van der Waals surface area contributed by atoms with Crippen LogP contribution in [-0.4, -0.2) is 32.3 Å². The molecule has 0 aromatic heterocycles. The second-order valence-corrected chi connectivity index (χ2v) is 4.65. The van der Waals surface area contributed by atoms with Crippen molar-refractivity contribution in [2.45, 2.75) is 51.9 Å². The van der Waals surface area contributed by atoms with E-state index in [-0.39, 0.29) is 0 Å². The molecule has 112 valence electrons. The van der Waals surface area contributed by atoms with Gasteiger partial charge in [0, 0.05) is 13.1 Å². The summed E-state index contributed by atoms with van der Waals surface area (Å²) in [5.74, 6) is 0.529. The van der Waals surface area contributed by atoms with E-state index in [4.69, 9.17) is 10.5 Å². The van der Waals surface area contributed by atoms with Crippen LogP contribution in [0, 0.1) is 0 Å². The van der Waals surface area contributed by atoms with Crippen molar-refractivity contribution in [2.24, 2.45) is 10.7 Å². The Morgan fingerprint density at radius 1 is 1.21 bits per heavy atom. The molecule has 0 aliphatic heterocycles. The summed E-state index contributed by atoms with van der Waals surface area (Å²) in [4.78, 5) is 4.29. The number of aliphatic imine (C=N–C) groups is 1. The van der Waals surface area contributed by atoms with Crippen LogP contribution in [0.15, 0.2) is 17.6 Å². The van der Waals surface area contributed by atoms with Gasteiger partial charge >= 0.3 is 0 Å². The predicted molar refractivity (Wildman–Crippen MR) is 83.5 cm³/mol. The lowest BCUT2D eigenvalue weighted by atomic mass is 10.1. The molecule has 0 aliphatic carbocycles. The van der Waals surface area contributed by atoms with Gasteiger partial charge in [-0.1, -0.05) is 45.1 Å². The molecule has 0 amide bonds. The van der Waals surface area contributed by atoms with Crippen LogP contribution < -0.4 is 11.1 Å². The Morgan fingerprint density at radius 3 is 2.68 bits per heavy atom. The maximum absolute atomic E-state index is 5.74. The smallest absolute Gasteiger partial charge is 0.188 e. The van der Waals surface area contributed by atoms with E-state index in [1.807, 2.05) is 6.08 Å². The van der Waals surface area contributed by atoms with Gasteiger partial charge in [0.2, 0.25) is 0 Å². The monoisotopic (exact) mass is 269 g/mol. The van der Waals surface area contributed by atoms with Gasteiger partial charge in [-0.2, -0.15) is 0 Å². The number of hydrogen-bond acceptors (Lipinski definition) is 2. The minimum absolute atomic E-state index is 0.529. The Labute approximate surface area is 118 Å². The molecule has 0 fully saturated rings. The molecular formula is C15H31N3O. The topological polar surface area (TPSA) is 59.6 Å². The quantitative estimate of drug-likeness (QED) is 0.234. The summed E-state index contributed by atoms with van der Waals surface area (Å²) >= 11 is 0. The molecule has 0 rings (SSSR count). The van der Waals surface area contributed by atoms with Crippen molar-refractivity contribution in [3.8, 4) is 0 Å². The van der Waals surface area contributed by atoms with Gasteiger partial charge in [0.05, 0.1) is 13.2 Å². The first-order chi connectivity index (χ1) is 9.31. The predicted octanol–water partition coefficient (Wildman–Crippen LogP) is 2.84. The molecule has 0 heterocycles. The summed E-state index contributed by atoms with van der Waals surface area (Å²) < 4.78 is 5.36. The number of ether oxygens (including phenoxy) is 1. The maximum atomic E-state index is 5.74. The van der Waals surface area contributed by atoms with Gasteiger partial charge in [0.15, 0.2) is 5.96 Å². The molecule has 0 atom stereocenters. The number of hydrogen-bond donors (Lipinski definition) is 2. The van der Waals surface area contributed by atoms with E-state index < -0.39 is 0 Å². The highest BCUT2D eigenvalue weighted by Crippen LogP contribution is 2.04. The molecule has 0 saturated carbocycles. The van der Waals surface area contributed by atoms with Crippen LogP contribution in [-0.2, 0) is 4.74 Å². The summed E-state index contributed by atoms with van der Waals surface area (Å²) in [6.07, 6.45) is 10.4. The second-order valence-electron chi connectivity index (χ2n) is 4.65. The SMILES string of the molecule is C=CCCOCCNC(N)=NCCCCCCCC. The molecule has 0 radical (unpaired) electrons. The van der Waals surface area contributed by atoms with Crippen LogP contribution in [0.5, 0.6) is 0 Å². The van der Waals surface area contributed by atoms with Gasteiger partial charge in [-0.15, -0.1) is 6.58 Å². The van der Waals surface area contributed by atoms with Gasteiger partial charge in [-0.25, -0.2) is 0 Å². The largest absolute Gasteiger partial charge is 0.379 e. The Hall–Kier alpha value is -1.03. The molecule has 0 saturated heterocycles. The van der Waals surface area contributed by atoms with Crippen LogP contribution in [0.25, 0.3) is 0 Å². The van der Waals surface area contributed by atoms with E-state index in [2.05, 4.69) is 23.8 Å². The third-order valence-corrected chi connectivity index (χ3v) is 2.81. The van der Waals surface area contributed by atoms with Gasteiger partial charge in [-0.05, 0) is 12.8 Å². The third kappa shape index (κ3) is 14.9. The first kappa shape index (κ1) is 18.0. The maximum Gasteiger partial charge on any atom is 0.188 e. The zero-order valence-electron chi connectivity index (χ0n) is 12.5. The van der Waals surface area contributed by atoms with Crippen molar-refractivity contribution in [2.75, 3.05) is 26.3 Å². The first-order valence-electron chi connectivity index (χ1n) is 7.53. The molecule has 0 aliphatic rings. The van der Waals surface area contributed by atoms with E-state index in [0.717, 1.165) is 26.0 Å². The number of rotatable bonds is 13. The van der Waals surface area contributed by atoms with E-state index >= 15 is 0 Å². The minimum atomic E-state index is 0.529. The van der Waals surface area contributed by atoms with Crippen LogP contribution in [0.2, 0.25) is 0 Å². The lowest BCUT2D eigenvalue weighted by Crippen LogP contribution is -2.34. The standard InChI is InChI=1S/C15H31N3O/c1-3-5-7-8-9-10-11-17-15(16)18-12-14-19-13-6-4-2/h4H,2-3,5-14H2,1H3,(H3,16,17,18). The van der Waals surface area contributed by atoms with Crippen LogP contribution in [0.4, 0.5) is 0 Å². The van der Waals surface area contributed by atoms with E-state index in [9.17, 15) is 0 Å². The molecule has 0 aromatic rings. The van der Waals surface area contributed by atoms with Gasteiger partial charge in [0.25, 0.3) is 0 Å². The molecule has 4 heteroatoms. The van der Waals surface area contributed by atoms with Crippen molar-refractivity contribution in [3.63, 3.8) is 0 Å². The number of unbranched alkanes of at least 4 members (excludes halogenated alkanes) is 5. The number of nitrogens with zero attached hydrogens (tertiary/aromatic N) is 1. The normalized spacial score (nSPS) is 11.5. The van der Waals surface area contributed by atoms with Crippen molar-refractivity contribution in [3.05, 3.63) is 12.7 Å². The second kappa shape index (κ2) is 15.0. The molecular weight excluding hydrogens is 238 g/mol. The molecule has 19 heavy (non-hydrogen) atoms. The molecule has 0 bridgehead atoms. The van der Waals surface area contributed by atoms with Crippen molar-refractivity contribution in [1.82, 2.24) is 5.32 Å². The first-order valence-corrected chi connectivity index (χ1v) is 7.53. The average Bonchev–Trinajstić information content (AvgIpc) is 2.41. The highest BCUT2D eigenvalue weighted by molar-refractivity contribution is 5.77. The number of guanidine groups is 1.